The molecular formula is C14H11ClN2O3. The average molecular weight is 291 g/mol. The smallest absolute Gasteiger partial charge is 0.337 e. The number of halogens is 1. The minimum absolute atomic E-state index is 0.350. The number of nitrogens with zero attached hydrogens (tertiary/aromatic N) is 2. The first-order chi connectivity index (χ1) is 9.63. The normalized spacial score (nSPS) is 10.9. The third-order valence-electron chi connectivity index (χ3n) is 3.12. The summed E-state index contributed by atoms with van der Waals surface area (Å²) in [6, 6.07) is 6.95. The van der Waals surface area contributed by atoms with Gasteiger partial charge < -0.3 is 13.9 Å². The van der Waals surface area contributed by atoms with Gasteiger partial charge in [-0.15, -0.1) is 0 Å². The zero-order valence-electron chi connectivity index (χ0n) is 10.9. The average Bonchev–Trinajstić information content (AvgIpc) is 2.91. The van der Waals surface area contributed by atoms with Gasteiger partial charge in [-0.2, -0.15) is 0 Å². The van der Waals surface area contributed by atoms with E-state index in [1.165, 1.54) is 7.11 Å². The van der Waals surface area contributed by atoms with E-state index in [1.807, 2.05) is 16.7 Å². The van der Waals surface area contributed by atoms with E-state index < -0.39 is 5.97 Å². The van der Waals surface area contributed by atoms with Crippen molar-refractivity contribution in [2.24, 2.45) is 0 Å². The summed E-state index contributed by atoms with van der Waals surface area (Å²) in [5.74, 6) is 0.285. The van der Waals surface area contributed by atoms with E-state index in [0.29, 0.717) is 22.0 Å². The van der Waals surface area contributed by atoms with Crippen molar-refractivity contribution >= 4 is 34.1 Å². The van der Waals surface area contributed by atoms with Crippen molar-refractivity contribution in [3.63, 3.8) is 0 Å². The number of carbonyl (C=O) groups is 1. The number of aromatic nitrogens is 2. The summed E-state index contributed by atoms with van der Waals surface area (Å²) in [6.07, 6.45) is 1.82. The summed E-state index contributed by atoms with van der Waals surface area (Å²) in [5.41, 5.74) is 2.63. The first-order valence-electron chi connectivity index (χ1n) is 5.87. The molecule has 0 aliphatic carbocycles. The highest BCUT2D eigenvalue weighted by Gasteiger charge is 2.12. The van der Waals surface area contributed by atoms with Gasteiger partial charge in [0, 0.05) is 6.07 Å². The first-order valence-corrected chi connectivity index (χ1v) is 6.25. The van der Waals surface area contributed by atoms with Crippen LogP contribution >= 0.6 is 11.6 Å². The number of hydrogen-bond donors (Lipinski definition) is 0. The van der Waals surface area contributed by atoms with Crippen molar-refractivity contribution < 1.29 is 14.3 Å². The summed E-state index contributed by atoms with van der Waals surface area (Å²) >= 11 is 6.17. The second-order valence-electron chi connectivity index (χ2n) is 4.23. The number of benzene rings is 1. The number of ether oxygens (including phenoxy) is 2. The van der Waals surface area contributed by atoms with Crippen LogP contribution in [0.25, 0.3) is 16.6 Å². The maximum Gasteiger partial charge on any atom is 0.337 e. The van der Waals surface area contributed by atoms with Crippen molar-refractivity contribution in [3.05, 3.63) is 41.2 Å². The number of rotatable bonds is 2. The molecule has 0 spiro atoms. The molecule has 0 bridgehead atoms. The van der Waals surface area contributed by atoms with Crippen LogP contribution in [0.4, 0.5) is 0 Å². The first kappa shape index (κ1) is 12.7. The topological polar surface area (TPSA) is 52.8 Å². The van der Waals surface area contributed by atoms with Gasteiger partial charge in [0.25, 0.3) is 0 Å². The Balaban J connectivity index is 2.32. The molecule has 3 aromatic rings. The summed E-state index contributed by atoms with van der Waals surface area (Å²) in [4.78, 5) is 15.9. The van der Waals surface area contributed by atoms with Crippen LogP contribution in [0.15, 0.2) is 30.5 Å². The van der Waals surface area contributed by atoms with Crippen LogP contribution in [0.3, 0.4) is 0 Å². The van der Waals surface area contributed by atoms with E-state index in [9.17, 15) is 4.79 Å². The summed E-state index contributed by atoms with van der Waals surface area (Å²) in [5, 5.41) is 0.350. The highest BCUT2D eigenvalue weighted by atomic mass is 35.5. The van der Waals surface area contributed by atoms with Crippen molar-refractivity contribution in [1.29, 1.82) is 0 Å². The van der Waals surface area contributed by atoms with Crippen LogP contribution in [0.5, 0.6) is 5.75 Å². The fourth-order valence-corrected chi connectivity index (χ4v) is 2.37. The van der Waals surface area contributed by atoms with Crippen LogP contribution in [0, 0.1) is 0 Å². The number of carbonyl (C=O) groups excluding carboxylic acids is 1. The highest BCUT2D eigenvalue weighted by Crippen LogP contribution is 2.27. The molecule has 0 radical (unpaired) electrons. The molecule has 3 rings (SSSR count). The van der Waals surface area contributed by atoms with Gasteiger partial charge in [0.05, 0.1) is 42.5 Å². The lowest BCUT2D eigenvalue weighted by Crippen LogP contribution is -2.02. The number of fused-ring (bicyclic) bond motifs is 3. The van der Waals surface area contributed by atoms with Crippen LogP contribution in [0.1, 0.15) is 10.4 Å². The summed E-state index contributed by atoms with van der Waals surface area (Å²) in [6.45, 7) is 0. The van der Waals surface area contributed by atoms with E-state index in [1.54, 1.807) is 25.3 Å². The van der Waals surface area contributed by atoms with E-state index in [-0.39, 0.29) is 0 Å². The molecule has 0 saturated carbocycles. The van der Waals surface area contributed by atoms with E-state index in [4.69, 9.17) is 21.1 Å². The van der Waals surface area contributed by atoms with Gasteiger partial charge in [-0.3, -0.25) is 0 Å². The predicted octanol–water partition coefficient (Wildman–Crippen LogP) is 2.94. The quantitative estimate of drug-likeness (QED) is 0.681. The van der Waals surface area contributed by atoms with Crippen LogP contribution < -0.4 is 4.74 Å². The number of hydrogen-bond acceptors (Lipinski definition) is 4. The fraction of sp³-hybridized carbons (Fsp3) is 0.143. The lowest BCUT2D eigenvalue weighted by atomic mass is 10.2. The summed E-state index contributed by atoms with van der Waals surface area (Å²) < 4.78 is 11.8. The van der Waals surface area contributed by atoms with Gasteiger partial charge in [0.1, 0.15) is 5.75 Å². The molecule has 0 aliphatic rings. The molecule has 0 fully saturated rings. The van der Waals surface area contributed by atoms with Gasteiger partial charge >= 0.3 is 5.97 Å². The second kappa shape index (κ2) is 4.68. The predicted molar refractivity (Wildman–Crippen MR) is 75.6 cm³/mol. The Morgan fingerprint density at radius 2 is 2.05 bits per heavy atom. The Morgan fingerprint density at radius 3 is 2.75 bits per heavy atom. The molecule has 0 unspecified atom stereocenters. The minimum atomic E-state index is -0.407. The van der Waals surface area contributed by atoms with Crippen LogP contribution in [-0.4, -0.2) is 29.6 Å². The van der Waals surface area contributed by atoms with Crippen LogP contribution in [-0.2, 0) is 4.74 Å². The third-order valence-corrected chi connectivity index (χ3v) is 3.39. The minimum Gasteiger partial charge on any atom is -0.495 e. The maximum absolute atomic E-state index is 11.5. The highest BCUT2D eigenvalue weighted by molar-refractivity contribution is 6.33. The Bertz CT molecular complexity index is 826. The fourth-order valence-electron chi connectivity index (χ4n) is 2.13. The standard InChI is InChI=1S/C14H11ClN2O3/c1-19-9-6-12-13(15)16-10-5-8(14(18)20-2)3-4-11(10)17(12)7-9/h3-7H,1-2H3. The van der Waals surface area contributed by atoms with Gasteiger partial charge in [-0.05, 0) is 18.2 Å². The molecule has 0 N–H and O–H groups in total. The van der Waals surface area contributed by atoms with Crippen molar-refractivity contribution in [3.8, 4) is 5.75 Å². The van der Waals surface area contributed by atoms with E-state index in [0.717, 1.165) is 11.0 Å². The van der Waals surface area contributed by atoms with E-state index >= 15 is 0 Å². The molecule has 0 aliphatic heterocycles. The molecule has 0 amide bonds. The van der Waals surface area contributed by atoms with Gasteiger partial charge in [-0.1, -0.05) is 11.6 Å². The Kier molecular flexibility index (Phi) is 2.99. The molecule has 2 heterocycles. The molecule has 0 atom stereocenters. The Hall–Kier alpha value is -2.27. The summed E-state index contributed by atoms with van der Waals surface area (Å²) in [7, 11) is 2.93. The number of methoxy groups -OCH3 is 2. The van der Waals surface area contributed by atoms with Gasteiger partial charge in [0.2, 0.25) is 0 Å². The lowest BCUT2D eigenvalue weighted by molar-refractivity contribution is 0.0601. The molecule has 20 heavy (non-hydrogen) atoms. The van der Waals surface area contributed by atoms with Gasteiger partial charge in [0.15, 0.2) is 5.15 Å². The molecule has 102 valence electrons. The molecule has 6 heteroatoms. The third kappa shape index (κ3) is 1.87. The zero-order valence-corrected chi connectivity index (χ0v) is 11.6. The SMILES string of the molecule is COC(=O)c1ccc2c(c1)nc(Cl)c1cc(OC)cn12. The zero-order chi connectivity index (χ0) is 14.3. The van der Waals surface area contributed by atoms with Crippen LogP contribution in [0.2, 0.25) is 5.15 Å². The molecule has 1 aromatic carbocycles. The maximum atomic E-state index is 11.5. The molecular weight excluding hydrogens is 280 g/mol. The van der Waals surface area contributed by atoms with Crippen molar-refractivity contribution in [2.75, 3.05) is 14.2 Å². The van der Waals surface area contributed by atoms with Crippen molar-refractivity contribution in [1.82, 2.24) is 9.38 Å². The molecule has 0 saturated heterocycles. The van der Waals surface area contributed by atoms with E-state index in [2.05, 4.69) is 4.98 Å². The van der Waals surface area contributed by atoms with Crippen molar-refractivity contribution in [2.45, 2.75) is 0 Å². The Labute approximate surface area is 119 Å². The Morgan fingerprint density at radius 1 is 1.25 bits per heavy atom. The molecule has 2 aromatic heterocycles. The second-order valence-corrected chi connectivity index (χ2v) is 4.59. The number of esters is 1. The molecule has 5 nitrogen and oxygen atoms in total. The lowest BCUT2D eigenvalue weighted by Gasteiger charge is -2.05. The van der Waals surface area contributed by atoms with Gasteiger partial charge in [-0.25, -0.2) is 9.78 Å². The monoisotopic (exact) mass is 290 g/mol. The largest absolute Gasteiger partial charge is 0.495 e.